The second kappa shape index (κ2) is 8.90. The molecule has 1 amide bonds. The van der Waals surface area contributed by atoms with Gasteiger partial charge in [-0.3, -0.25) is 9.48 Å². The number of benzene rings is 1. The predicted molar refractivity (Wildman–Crippen MR) is 134 cm³/mol. The lowest BCUT2D eigenvalue weighted by Crippen LogP contribution is -2.20. The van der Waals surface area contributed by atoms with E-state index in [4.69, 9.17) is 4.42 Å². The number of anilines is 1. The summed E-state index contributed by atoms with van der Waals surface area (Å²) in [7, 11) is 0. The topological polar surface area (TPSA) is 90.8 Å². The van der Waals surface area contributed by atoms with Crippen LogP contribution in [-0.4, -0.2) is 30.5 Å². The van der Waals surface area contributed by atoms with Crippen LogP contribution in [0, 0.1) is 20.8 Å². The van der Waals surface area contributed by atoms with Crippen molar-refractivity contribution in [3.8, 4) is 11.3 Å². The van der Waals surface area contributed by atoms with Crippen molar-refractivity contribution in [2.45, 2.75) is 33.9 Å². The molecule has 4 heterocycles. The molecule has 8 nitrogen and oxygen atoms in total. The Morgan fingerprint density at radius 2 is 1.88 bits per heavy atom. The monoisotopic (exact) mass is 518 g/mol. The van der Waals surface area contributed by atoms with Crippen molar-refractivity contribution in [3.05, 3.63) is 82.0 Å². The summed E-state index contributed by atoms with van der Waals surface area (Å²) in [4.78, 5) is 17.4. The molecule has 5 aromatic rings. The zero-order chi connectivity index (χ0) is 23.8. The van der Waals surface area contributed by atoms with E-state index >= 15 is 0 Å². The van der Waals surface area contributed by atoms with Gasteiger partial charge >= 0.3 is 0 Å². The number of nitrogens with zero attached hydrogens (tertiary/aromatic N) is 5. The minimum atomic E-state index is -0.180. The number of amides is 1. The van der Waals surface area contributed by atoms with Crippen LogP contribution in [0.5, 0.6) is 0 Å². The van der Waals surface area contributed by atoms with Crippen LogP contribution >= 0.6 is 15.9 Å². The molecule has 4 aromatic heterocycles. The first-order valence-corrected chi connectivity index (χ1v) is 11.6. The zero-order valence-corrected chi connectivity index (χ0v) is 20.6. The van der Waals surface area contributed by atoms with Gasteiger partial charge in [-0.2, -0.15) is 10.2 Å². The van der Waals surface area contributed by atoms with Crippen molar-refractivity contribution >= 4 is 38.6 Å². The van der Waals surface area contributed by atoms with Gasteiger partial charge in [-0.25, -0.2) is 9.67 Å². The Morgan fingerprint density at radius 3 is 2.62 bits per heavy atom. The Kier molecular flexibility index (Phi) is 5.79. The fraction of sp³-hybridized carbons (Fsp3) is 0.200. The molecule has 0 aliphatic carbocycles. The maximum absolute atomic E-state index is 12.9. The molecule has 0 bridgehead atoms. The van der Waals surface area contributed by atoms with Crippen molar-refractivity contribution in [1.29, 1.82) is 0 Å². The molecule has 0 fully saturated rings. The molecule has 1 N–H and O–H groups in total. The molecule has 0 radical (unpaired) electrons. The Hall–Kier alpha value is -3.72. The molecule has 172 valence electrons. The van der Waals surface area contributed by atoms with Gasteiger partial charge in [0.2, 0.25) is 5.91 Å². The summed E-state index contributed by atoms with van der Waals surface area (Å²) in [5, 5.41) is 13.0. The lowest BCUT2D eigenvalue weighted by atomic mass is 10.1. The Morgan fingerprint density at radius 1 is 1.06 bits per heavy atom. The van der Waals surface area contributed by atoms with E-state index in [9.17, 15) is 4.79 Å². The van der Waals surface area contributed by atoms with Crippen LogP contribution in [-0.2, 0) is 17.9 Å². The van der Waals surface area contributed by atoms with E-state index in [0.717, 1.165) is 49.5 Å². The molecular formula is C25H23BrN6O2. The summed E-state index contributed by atoms with van der Waals surface area (Å²) in [6, 6.07) is 13.4. The average molecular weight is 519 g/mol. The molecule has 0 spiro atoms. The molecule has 0 saturated carbocycles. The first-order chi connectivity index (χ1) is 16.4. The van der Waals surface area contributed by atoms with Crippen molar-refractivity contribution in [2.75, 3.05) is 5.32 Å². The first kappa shape index (κ1) is 22.1. The third-order valence-corrected chi connectivity index (χ3v) is 6.87. The number of aromatic nitrogens is 5. The largest absolute Gasteiger partial charge is 0.464 e. The Labute approximate surface area is 204 Å². The third kappa shape index (κ3) is 4.14. The van der Waals surface area contributed by atoms with Crippen LogP contribution in [0.25, 0.3) is 22.4 Å². The highest BCUT2D eigenvalue weighted by molar-refractivity contribution is 9.10. The van der Waals surface area contributed by atoms with Gasteiger partial charge in [0.15, 0.2) is 5.65 Å². The molecule has 5 rings (SSSR count). The summed E-state index contributed by atoms with van der Waals surface area (Å²) in [6.45, 7) is 6.57. The highest BCUT2D eigenvalue weighted by Crippen LogP contribution is 2.30. The number of aryl methyl sites for hydroxylation is 2. The van der Waals surface area contributed by atoms with Crippen molar-refractivity contribution in [2.24, 2.45) is 0 Å². The van der Waals surface area contributed by atoms with Crippen LogP contribution in [0.4, 0.5) is 5.69 Å². The highest BCUT2D eigenvalue weighted by atomic mass is 79.9. The van der Waals surface area contributed by atoms with Crippen LogP contribution < -0.4 is 5.32 Å². The summed E-state index contributed by atoms with van der Waals surface area (Å²) in [5.41, 5.74) is 6.12. The lowest BCUT2D eigenvalue weighted by molar-refractivity contribution is -0.116. The van der Waals surface area contributed by atoms with Gasteiger partial charge in [-0.1, -0.05) is 12.1 Å². The van der Waals surface area contributed by atoms with Crippen LogP contribution in [0.1, 0.15) is 22.6 Å². The van der Waals surface area contributed by atoms with Gasteiger partial charge in [0.25, 0.3) is 0 Å². The highest BCUT2D eigenvalue weighted by Gasteiger charge is 2.17. The Balaban J connectivity index is 1.35. The van der Waals surface area contributed by atoms with Crippen molar-refractivity contribution in [3.63, 3.8) is 0 Å². The van der Waals surface area contributed by atoms with Gasteiger partial charge in [-0.05, 0) is 72.6 Å². The third-order valence-electron chi connectivity index (χ3n) is 5.72. The minimum Gasteiger partial charge on any atom is -0.464 e. The van der Waals surface area contributed by atoms with Crippen LogP contribution in [0.3, 0.4) is 0 Å². The number of nitrogens with one attached hydrogen (secondary N) is 1. The number of furan rings is 1. The number of hydrogen-bond donors (Lipinski definition) is 1. The fourth-order valence-corrected chi connectivity index (χ4v) is 4.40. The van der Waals surface area contributed by atoms with Crippen LogP contribution in [0.15, 0.2) is 63.8 Å². The predicted octanol–water partition coefficient (Wildman–Crippen LogP) is 5.26. The number of carbonyl (C=O) groups excluding carboxylic acids is 1. The summed E-state index contributed by atoms with van der Waals surface area (Å²) >= 11 is 3.57. The number of halogens is 1. The average Bonchev–Trinajstić information content (AvgIpc) is 3.51. The molecular weight excluding hydrogens is 496 g/mol. The summed E-state index contributed by atoms with van der Waals surface area (Å²) in [6.07, 6.45) is 3.34. The van der Waals surface area contributed by atoms with Gasteiger partial charge in [0.1, 0.15) is 12.3 Å². The van der Waals surface area contributed by atoms with E-state index in [1.165, 1.54) is 0 Å². The number of hydrogen-bond acceptors (Lipinski definition) is 5. The first-order valence-electron chi connectivity index (χ1n) is 10.8. The number of rotatable bonds is 6. The summed E-state index contributed by atoms with van der Waals surface area (Å²) < 4.78 is 10.2. The lowest BCUT2D eigenvalue weighted by Gasteiger charge is -2.09. The van der Waals surface area contributed by atoms with Gasteiger partial charge in [0.05, 0.1) is 39.7 Å². The molecule has 0 atom stereocenters. The van der Waals surface area contributed by atoms with Crippen molar-refractivity contribution < 1.29 is 9.21 Å². The number of pyridine rings is 1. The number of fused-ring (bicyclic) bond motifs is 1. The minimum absolute atomic E-state index is 0.0492. The Bertz CT molecular complexity index is 1500. The van der Waals surface area contributed by atoms with Gasteiger partial charge in [0, 0.05) is 17.4 Å². The van der Waals surface area contributed by atoms with E-state index in [1.54, 1.807) is 17.1 Å². The molecule has 0 aliphatic heterocycles. The molecule has 9 heteroatoms. The van der Waals surface area contributed by atoms with E-state index in [-0.39, 0.29) is 12.5 Å². The van der Waals surface area contributed by atoms with Gasteiger partial charge < -0.3 is 9.73 Å². The molecule has 0 saturated heterocycles. The maximum atomic E-state index is 12.9. The van der Waals surface area contributed by atoms with Gasteiger partial charge in [-0.15, -0.1) is 0 Å². The smallest absolute Gasteiger partial charge is 0.246 e. The molecule has 1 aromatic carbocycles. The maximum Gasteiger partial charge on any atom is 0.246 e. The second-order valence-electron chi connectivity index (χ2n) is 8.17. The SMILES string of the molecule is Cc1nn(Cc2cccc(NC(=O)Cn3nc(C)c4c(-c5ccco5)ccnc43)c2)c(C)c1Br. The second-order valence-corrected chi connectivity index (χ2v) is 8.96. The van der Waals surface area contributed by atoms with Crippen molar-refractivity contribution in [1.82, 2.24) is 24.5 Å². The fourth-order valence-electron chi connectivity index (χ4n) is 4.11. The zero-order valence-electron chi connectivity index (χ0n) is 19.0. The van der Waals surface area contributed by atoms with E-state index in [1.807, 2.05) is 67.9 Å². The molecule has 0 aliphatic rings. The number of carbonyl (C=O) groups is 1. The van der Waals surface area contributed by atoms with Crippen LogP contribution in [0.2, 0.25) is 0 Å². The molecule has 0 unspecified atom stereocenters. The summed E-state index contributed by atoms with van der Waals surface area (Å²) in [5.74, 6) is 0.562. The molecule has 34 heavy (non-hydrogen) atoms. The van der Waals surface area contributed by atoms with E-state index in [0.29, 0.717) is 12.2 Å². The normalized spacial score (nSPS) is 11.3. The van der Waals surface area contributed by atoms with E-state index in [2.05, 4.69) is 36.4 Å². The standard InChI is InChI=1S/C25H23BrN6O2/c1-15-23-20(21-8-5-11-34-21)9-10-27-25(23)32(29-15)14-22(33)28-19-7-4-6-18(12-19)13-31-17(3)24(26)16(2)30-31/h4-12H,13-14H2,1-3H3,(H,28,33). The quantitative estimate of drug-likeness (QED) is 0.331. The van der Waals surface area contributed by atoms with E-state index < -0.39 is 0 Å².